The van der Waals surface area contributed by atoms with E-state index in [1.165, 1.54) is 6.42 Å². The highest BCUT2D eigenvalue weighted by Gasteiger charge is 2.01. The maximum Gasteiger partial charge on any atom is 0.152 e. The number of pyridine rings is 1. The number of rotatable bonds is 4. The van der Waals surface area contributed by atoms with Crippen LogP contribution in [0.5, 0.6) is 0 Å². The SMILES string of the molecule is CCCCc1ccc(C=O)c(I)n1. The minimum atomic E-state index is 0.681. The number of halogens is 1. The van der Waals surface area contributed by atoms with Crippen molar-refractivity contribution < 1.29 is 4.79 Å². The zero-order valence-electron chi connectivity index (χ0n) is 7.59. The Morgan fingerprint density at radius 2 is 2.31 bits per heavy atom. The van der Waals surface area contributed by atoms with E-state index in [2.05, 4.69) is 34.5 Å². The first kappa shape index (κ1) is 10.6. The molecule has 0 amide bonds. The molecule has 0 spiro atoms. The Hall–Kier alpha value is -0.450. The fourth-order valence-electron chi connectivity index (χ4n) is 1.07. The van der Waals surface area contributed by atoms with Crippen molar-refractivity contribution >= 4 is 28.9 Å². The molecule has 1 heterocycles. The van der Waals surface area contributed by atoms with Crippen LogP contribution in [0, 0.1) is 3.70 Å². The van der Waals surface area contributed by atoms with Crippen LogP contribution in [-0.4, -0.2) is 11.3 Å². The third-order valence-electron chi connectivity index (χ3n) is 1.85. The van der Waals surface area contributed by atoms with Crippen LogP contribution in [0.3, 0.4) is 0 Å². The maximum absolute atomic E-state index is 10.5. The molecule has 3 heteroatoms. The van der Waals surface area contributed by atoms with Gasteiger partial charge in [-0.25, -0.2) is 4.98 Å². The molecule has 0 aliphatic heterocycles. The van der Waals surface area contributed by atoms with Gasteiger partial charge < -0.3 is 0 Å². The van der Waals surface area contributed by atoms with Crippen LogP contribution in [0.4, 0.5) is 0 Å². The van der Waals surface area contributed by atoms with Crippen LogP contribution in [0.1, 0.15) is 35.8 Å². The summed E-state index contributed by atoms with van der Waals surface area (Å²) in [7, 11) is 0. The van der Waals surface area contributed by atoms with E-state index < -0.39 is 0 Å². The van der Waals surface area contributed by atoms with Gasteiger partial charge in [-0.15, -0.1) is 0 Å². The van der Waals surface area contributed by atoms with E-state index in [0.29, 0.717) is 5.56 Å². The average Bonchev–Trinajstić information content (AvgIpc) is 2.15. The molecule has 0 fully saturated rings. The quantitative estimate of drug-likeness (QED) is 0.484. The summed E-state index contributed by atoms with van der Waals surface area (Å²) in [4.78, 5) is 14.8. The molecule has 0 aliphatic rings. The molecule has 0 unspecified atom stereocenters. The van der Waals surface area contributed by atoms with Gasteiger partial charge >= 0.3 is 0 Å². The highest BCUT2D eigenvalue weighted by atomic mass is 127. The summed E-state index contributed by atoms with van der Waals surface area (Å²) in [5.74, 6) is 0. The fraction of sp³-hybridized carbons (Fsp3) is 0.400. The normalized spacial score (nSPS) is 10.0. The van der Waals surface area contributed by atoms with Crippen LogP contribution in [0.2, 0.25) is 0 Å². The first-order chi connectivity index (χ1) is 6.27. The van der Waals surface area contributed by atoms with E-state index in [0.717, 1.165) is 28.5 Å². The Kier molecular flexibility index (Phi) is 4.35. The van der Waals surface area contributed by atoms with Crippen molar-refractivity contribution in [2.24, 2.45) is 0 Å². The van der Waals surface area contributed by atoms with Crippen LogP contribution >= 0.6 is 22.6 Å². The Balaban J connectivity index is 2.77. The molecule has 0 saturated carbocycles. The number of hydrogen-bond acceptors (Lipinski definition) is 2. The molecule has 0 radical (unpaired) electrons. The molecule has 2 nitrogen and oxygen atoms in total. The van der Waals surface area contributed by atoms with Crippen LogP contribution < -0.4 is 0 Å². The smallest absolute Gasteiger partial charge is 0.152 e. The highest BCUT2D eigenvalue weighted by Crippen LogP contribution is 2.10. The van der Waals surface area contributed by atoms with E-state index in [1.54, 1.807) is 0 Å². The summed E-state index contributed by atoms with van der Waals surface area (Å²) in [6, 6.07) is 3.77. The molecule has 13 heavy (non-hydrogen) atoms. The molecular formula is C10H12INO. The summed E-state index contributed by atoms with van der Waals surface area (Å²) in [5.41, 5.74) is 1.76. The zero-order chi connectivity index (χ0) is 9.68. The molecular weight excluding hydrogens is 277 g/mol. The van der Waals surface area contributed by atoms with Crippen molar-refractivity contribution in [3.05, 3.63) is 27.1 Å². The van der Waals surface area contributed by atoms with Gasteiger partial charge in [0.1, 0.15) is 3.70 Å². The lowest BCUT2D eigenvalue weighted by Crippen LogP contribution is -1.96. The van der Waals surface area contributed by atoms with E-state index in [4.69, 9.17) is 0 Å². The lowest BCUT2D eigenvalue weighted by atomic mass is 10.2. The molecule has 0 aromatic carbocycles. The number of aromatic nitrogens is 1. The second-order valence-electron chi connectivity index (χ2n) is 2.90. The average molecular weight is 289 g/mol. The third-order valence-corrected chi connectivity index (χ3v) is 2.71. The second-order valence-corrected chi connectivity index (χ2v) is 3.93. The van der Waals surface area contributed by atoms with Gasteiger partial charge in [-0.3, -0.25) is 4.79 Å². The van der Waals surface area contributed by atoms with Crippen molar-refractivity contribution in [2.45, 2.75) is 26.2 Å². The van der Waals surface area contributed by atoms with Gasteiger partial charge in [0.2, 0.25) is 0 Å². The maximum atomic E-state index is 10.5. The highest BCUT2D eigenvalue weighted by molar-refractivity contribution is 14.1. The molecule has 0 bridgehead atoms. The van der Waals surface area contributed by atoms with E-state index in [-0.39, 0.29) is 0 Å². The fourth-order valence-corrected chi connectivity index (χ4v) is 1.68. The minimum Gasteiger partial charge on any atom is -0.298 e. The van der Waals surface area contributed by atoms with E-state index in [1.807, 2.05) is 12.1 Å². The van der Waals surface area contributed by atoms with Gasteiger partial charge in [0, 0.05) is 11.3 Å². The largest absolute Gasteiger partial charge is 0.298 e. The monoisotopic (exact) mass is 289 g/mol. The van der Waals surface area contributed by atoms with Gasteiger partial charge in [-0.2, -0.15) is 0 Å². The molecule has 0 aliphatic carbocycles. The summed E-state index contributed by atoms with van der Waals surface area (Å²) >= 11 is 2.10. The number of nitrogens with zero attached hydrogens (tertiary/aromatic N) is 1. The van der Waals surface area contributed by atoms with Gasteiger partial charge in [-0.1, -0.05) is 13.3 Å². The van der Waals surface area contributed by atoms with Crippen molar-refractivity contribution in [1.82, 2.24) is 4.98 Å². The summed E-state index contributed by atoms with van der Waals surface area (Å²) in [5, 5.41) is 0. The second kappa shape index (κ2) is 5.32. The number of aldehydes is 1. The topological polar surface area (TPSA) is 30.0 Å². The Morgan fingerprint density at radius 1 is 1.54 bits per heavy atom. The zero-order valence-corrected chi connectivity index (χ0v) is 9.74. The summed E-state index contributed by atoms with van der Waals surface area (Å²) in [6.45, 7) is 2.16. The molecule has 0 atom stereocenters. The lowest BCUT2D eigenvalue weighted by Gasteiger charge is -2.01. The number of hydrogen-bond donors (Lipinski definition) is 0. The van der Waals surface area contributed by atoms with E-state index in [9.17, 15) is 4.79 Å². The number of carbonyl (C=O) groups excluding carboxylic acids is 1. The van der Waals surface area contributed by atoms with Gasteiger partial charge in [0.25, 0.3) is 0 Å². The van der Waals surface area contributed by atoms with E-state index >= 15 is 0 Å². The Labute approximate surface area is 91.9 Å². The molecule has 70 valence electrons. The van der Waals surface area contributed by atoms with Crippen molar-refractivity contribution in [1.29, 1.82) is 0 Å². The molecule has 0 saturated heterocycles. The minimum absolute atomic E-state index is 0.681. The molecule has 1 rings (SSSR count). The Bertz CT molecular complexity index is 299. The summed E-state index contributed by atoms with van der Waals surface area (Å²) < 4.78 is 0.807. The van der Waals surface area contributed by atoms with Crippen LogP contribution in [0.15, 0.2) is 12.1 Å². The van der Waals surface area contributed by atoms with Crippen molar-refractivity contribution in [3.8, 4) is 0 Å². The first-order valence-electron chi connectivity index (χ1n) is 4.38. The van der Waals surface area contributed by atoms with Crippen LogP contribution in [-0.2, 0) is 6.42 Å². The predicted octanol–water partition coefficient (Wildman–Crippen LogP) is 2.84. The van der Waals surface area contributed by atoms with Gasteiger partial charge in [0.15, 0.2) is 6.29 Å². The van der Waals surface area contributed by atoms with Gasteiger partial charge in [0.05, 0.1) is 0 Å². The Morgan fingerprint density at radius 3 is 2.85 bits per heavy atom. The molecule has 0 N–H and O–H groups in total. The first-order valence-corrected chi connectivity index (χ1v) is 5.46. The third kappa shape index (κ3) is 3.06. The standard InChI is InChI=1S/C10H12INO/c1-2-3-4-9-6-5-8(7-13)10(11)12-9/h5-7H,2-4H2,1H3. The van der Waals surface area contributed by atoms with Crippen molar-refractivity contribution in [2.75, 3.05) is 0 Å². The summed E-state index contributed by atoms with van der Waals surface area (Å²) in [6.07, 6.45) is 4.18. The number of aryl methyl sites for hydroxylation is 1. The van der Waals surface area contributed by atoms with Gasteiger partial charge in [-0.05, 0) is 47.6 Å². The number of unbranched alkanes of at least 4 members (excludes halogenated alkanes) is 1. The van der Waals surface area contributed by atoms with Crippen molar-refractivity contribution in [3.63, 3.8) is 0 Å². The predicted molar refractivity (Wildman–Crippen MR) is 61.0 cm³/mol. The van der Waals surface area contributed by atoms with Crippen LogP contribution in [0.25, 0.3) is 0 Å². The molecule has 1 aromatic heterocycles. The number of carbonyl (C=O) groups is 1. The lowest BCUT2D eigenvalue weighted by molar-refractivity contribution is 0.112. The molecule has 1 aromatic rings.